The van der Waals surface area contributed by atoms with Gasteiger partial charge in [-0.1, -0.05) is 54.5 Å². The zero-order valence-corrected chi connectivity index (χ0v) is 25.1. The van der Waals surface area contributed by atoms with Crippen LogP contribution in [-0.2, 0) is 35.0 Å². The van der Waals surface area contributed by atoms with Crippen molar-refractivity contribution in [1.82, 2.24) is 0 Å². The fraction of sp³-hybridized carbons (Fsp3) is 0.655. The molecule has 1 aromatic rings. The highest BCUT2D eigenvalue weighted by Crippen LogP contribution is 2.30. The van der Waals surface area contributed by atoms with Crippen LogP contribution in [0.2, 0.25) is 0 Å². The van der Waals surface area contributed by atoms with Crippen LogP contribution in [0.25, 0.3) is 0 Å². The molecule has 1 aromatic carbocycles. The number of nitrogens with two attached hydrogens (primary N) is 1. The lowest BCUT2D eigenvalue weighted by Gasteiger charge is -2.24. The van der Waals surface area contributed by atoms with E-state index in [-0.39, 0.29) is 60.8 Å². The number of esters is 2. The Balaban J connectivity index is 2.93. The molecule has 0 aliphatic heterocycles. The molecule has 0 saturated heterocycles. The molecule has 11 nitrogen and oxygen atoms in total. The molecular formula is C29H45NO10. The van der Waals surface area contributed by atoms with Crippen LogP contribution in [0.1, 0.15) is 67.9 Å². The van der Waals surface area contributed by atoms with Gasteiger partial charge >= 0.3 is 24.2 Å². The van der Waals surface area contributed by atoms with E-state index >= 15 is 0 Å². The van der Waals surface area contributed by atoms with Gasteiger partial charge in [0.05, 0.1) is 19.1 Å². The number of carbonyl (C=O) groups excluding carboxylic acids is 4. The SMILES string of the molecule is CC(C)COC(=O)Oc1ccc(C[C@H](N)C(=O)O[C@@H](C)[C@H](C)OC(=O)C(C)C(C)C)cc1OC(=O)OCC(C)C. The summed E-state index contributed by atoms with van der Waals surface area (Å²) in [4.78, 5) is 49.2. The van der Waals surface area contributed by atoms with E-state index in [0.29, 0.717) is 5.56 Å². The molecule has 0 spiro atoms. The van der Waals surface area contributed by atoms with Gasteiger partial charge < -0.3 is 34.2 Å². The molecule has 0 aliphatic carbocycles. The lowest BCUT2D eigenvalue weighted by atomic mass is 9.98. The van der Waals surface area contributed by atoms with Crippen molar-refractivity contribution in [1.29, 1.82) is 0 Å². The lowest BCUT2D eigenvalue weighted by Crippen LogP contribution is -2.40. The maximum absolute atomic E-state index is 12.7. The normalized spacial score (nSPS) is 14.2. The molecule has 2 N–H and O–H groups in total. The van der Waals surface area contributed by atoms with Crippen molar-refractivity contribution >= 4 is 24.2 Å². The monoisotopic (exact) mass is 567 g/mol. The second kappa shape index (κ2) is 16.7. The van der Waals surface area contributed by atoms with E-state index in [0.717, 1.165) is 0 Å². The van der Waals surface area contributed by atoms with Crippen molar-refractivity contribution < 1.29 is 47.6 Å². The number of hydrogen-bond donors (Lipinski definition) is 1. The maximum atomic E-state index is 12.7. The predicted molar refractivity (Wildman–Crippen MR) is 147 cm³/mol. The Morgan fingerprint density at radius 1 is 0.700 bits per heavy atom. The molecule has 0 radical (unpaired) electrons. The Hall–Kier alpha value is -3.34. The van der Waals surface area contributed by atoms with Crippen molar-refractivity contribution in [3.63, 3.8) is 0 Å². The second-order valence-corrected chi connectivity index (χ2v) is 11.0. The Morgan fingerprint density at radius 3 is 1.65 bits per heavy atom. The summed E-state index contributed by atoms with van der Waals surface area (Å²) in [5.74, 6) is -1.27. The van der Waals surface area contributed by atoms with E-state index in [9.17, 15) is 19.2 Å². The van der Waals surface area contributed by atoms with Gasteiger partial charge in [0.15, 0.2) is 11.5 Å². The highest BCUT2D eigenvalue weighted by Gasteiger charge is 2.27. The van der Waals surface area contributed by atoms with E-state index in [1.807, 2.05) is 41.5 Å². The fourth-order valence-electron chi connectivity index (χ4n) is 2.91. The van der Waals surface area contributed by atoms with Gasteiger partial charge in [-0.3, -0.25) is 9.59 Å². The largest absolute Gasteiger partial charge is 0.513 e. The molecule has 1 rings (SSSR count). The zero-order valence-electron chi connectivity index (χ0n) is 25.1. The van der Waals surface area contributed by atoms with Crippen LogP contribution in [0.3, 0.4) is 0 Å². The summed E-state index contributed by atoms with van der Waals surface area (Å²) in [6.45, 7) is 16.6. The topological polar surface area (TPSA) is 150 Å². The molecule has 0 amide bonds. The molecule has 0 saturated carbocycles. The van der Waals surface area contributed by atoms with Gasteiger partial charge in [0.25, 0.3) is 0 Å². The molecule has 226 valence electrons. The third kappa shape index (κ3) is 12.7. The first-order valence-corrected chi connectivity index (χ1v) is 13.6. The second-order valence-electron chi connectivity index (χ2n) is 11.0. The summed E-state index contributed by atoms with van der Waals surface area (Å²) in [7, 11) is 0. The Morgan fingerprint density at radius 2 is 1.18 bits per heavy atom. The molecule has 0 aromatic heterocycles. The van der Waals surface area contributed by atoms with Crippen molar-refractivity contribution in [2.75, 3.05) is 13.2 Å². The van der Waals surface area contributed by atoms with Crippen LogP contribution in [0, 0.1) is 23.7 Å². The molecule has 0 fully saturated rings. The molecule has 0 aliphatic rings. The molecular weight excluding hydrogens is 522 g/mol. The Kier molecular flexibility index (Phi) is 14.5. The van der Waals surface area contributed by atoms with Crippen LogP contribution in [0.15, 0.2) is 18.2 Å². The minimum absolute atomic E-state index is 0.0135. The standard InChI is InChI=1S/C29H45NO10/c1-16(2)14-35-28(33)39-24-11-10-22(13-25(24)40-29(34)36-15-17(3)4)12-23(30)27(32)38-21(9)20(8)37-26(31)19(7)18(5)6/h10-11,13,16-21,23H,12,14-15,30H2,1-9H3/t19?,20-,21-,23-/m0/s1. The van der Waals surface area contributed by atoms with Gasteiger partial charge in [0.2, 0.25) is 0 Å². The molecule has 1 unspecified atom stereocenters. The Labute approximate surface area is 236 Å². The van der Waals surface area contributed by atoms with Crippen LogP contribution in [0.4, 0.5) is 9.59 Å². The van der Waals surface area contributed by atoms with Crippen molar-refractivity contribution in [2.45, 2.75) is 87.0 Å². The van der Waals surface area contributed by atoms with Crippen LogP contribution in [-0.4, -0.2) is 55.7 Å². The summed E-state index contributed by atoms with van der Waals surface area (Å²) in [5, 5.41) is 0. The van der Waals surface area contributed by atoms with Crippen molar-refractivity contribution in [3.05, 3.63) is 23.8 Å². The smallest absolute Gasteiger partial charge is 0.459 e. The summed E-state index contributed by atoms with van der Waals surface area (Å²) < 4.78 is 31.4. The van der Waals surface area contributed by atoms with E-state index in [1.165, 1.54) is 12.1 Å². The van der Waals surface area contributed by atoms with Gasteiger partial charge in [-0.2, -0.15) is 0 Å². The van der Waals surface area contributed by atoms with Gasteiger partial charge in [0.1, 0.15) is 18.2 Å². The molecule has 11 heteroatoms. The molecule has 4 atom stereocenters. The Bertz CT molecular complexity index is 991. The number of hydrogen-bond acceptors (Lipinski definition) is 11. The van der Waals surface area contributed by atoms with E-state index < -0.39 is 36.5 Å². The number of rotatable bonds is 14. The molecule has 0 heterocycles. The molecule has 0 bridgehead atoms. The first-order valence-electron chi connectivity index (χ1n) is 13.6. The quantitative estimate of drug-likeness (QED) is 0.183. The van der Waals surface area contributed by atoms with Crippen LogP contribution < -0.4 is 15.2 Å². The summed E-state index contributed by atoms with van der Waals surface area (Å²) in [5.41, 5.74) is 6.58. The average Bonchev–Trinajstić information content (AvgIpc) is 2.86. The zero-order chi connectivity index (χ0) is 30.6. The van der Waals surface area contributed by atoms with Crippen LogP contribution in [0.5, 0.6) is 11.5 Å². The third-order valence-corrected chi connectivity index (χ3v) is 5.86. The molecule has 40 heavy (non-hydrogen) atoms. The number of ether oxygens (including phenoxy) is 6. The average molecular weight is 568 g/mol. The highest BCUT2D eigenvalue weighted by atomic mass is 16.7. The van der Waals surface area contributed by atoms with Gasteiger partial charge in [-0.25, -0.2) is 9.59 Å². The van der Waals surface area contributed by atoms with Crippen LogP contribution >= 0.6 is 0 Å². The van der Waals surface area contributed by atoms with E-state index in [4.69, 9.17) is 34.2 Å². The number of carbonyl (C=O) groups is 4. The minimum Gasteiger partial charge on any atom is -0.459 e. The highest BCUT2D eigenvalue weighted by molar-refractivity contribution is 5.76. The minimum atomic E-state index is -1.08. The third-order valence-electron chi connectivity index (χ3n) is 5.86. The fourth-order valence-corrected chi connectivity index (χ4v) is 2.91. The summed E-state index contributed by atoms with van der Waals surface area (Å²) >= 11 is 0. The predicted octanol–water partition coefficient (Wildman–Crippen LogP) is 5.05. The van der Waals surface area contributed by atoms with Crippen molar-refractivity contribution in [2.24, 2.45) is 29.4 Å². The summed E-state index contributed by atoms with van der Waals surface area (Å²) in [6.07, 6.45) is -3.34. The first kappa shape index (κ1) is 34.7. The van der Waals surface area contributed by atoms with E-state index in [1.54, 1.807) is 26.8 Å². The lowest BCUT2D eigenvalue weighted by molar-refractivity contribution is -0.169. The van der Waals surface area contributed by atoms with Gasteiger partial charge in [-0.05, 0) is 55.7 Å². The number of benzene rings is 1. The van der Waals surface area contributed by atoms with Gasteiger partial charge in [0, 0.05) is 0 Å². The van der Waals surface area contributed by atoms with Gasteiger partial charge in [-0.15, -0.1) is 0 Å². The van der Waals surface area contributed by atoms with E-state index in [2.05, 4.69) is 0 Å². The van der Waals surface area contributed by atoms with Crippen molar-refractivity contribution in [3.8, 4) is 11.5 Å². The summed E-state index contributed by atoms with van der Waals surface area (Å²) in [6, 6.07) is 3.29. The first-order chi connectivity index (χ1) is 18.6. The maximum Gasteiger partial charge on any atom is 0.513 e.